The second-order valence-corrected chi connectivity index (χ2v) is 6.32. The zero-order valence-electron chi connectivity index (χ0n) is 11.1. The summed E-state index contributed by atoms with van der Waals surface area (Å²) in [6.45, 7) is 3.42. The van der Waals surface area contributed by atoms with Crippen LogP contribution in [0.4, 0.5) is 11.4 Å². The highest BCUT2D eigenvalue weighted by Crippen LogP contribution is 2.37. The first-order chi connectivity index (χ1) is 9.58. The maximum absolute atomic E-state index is 11.3. The molecule has 1 saturated heterocycles. The number of rotatable bonds is 3. The molecule has 7 heteroatoms. The molecule has 1 fully saturated rings. The molecule has 0 amide bonds. The van der Waals surface area contributed by atoms with Gasteiger partial charge in [0.2, 0.25) is 0 Å². The topological polar surface area (TPSA) is 79.5 Å². The van der Waals surface area contributed by atoms with E-state index in [1.54, 1.807) is 12.1 Å². The van der Waals surface area contributed by atoms with Crippen molar-refractivity contribution in [3.8, 4) is 0 Å². The first-order valence-electron chi connectivity index (χ1n) is 6.50. The Kier molecular flexibility index (Phi) is 3.31. The van der Waals surface area contributed by atoms with E-state index < -0.39 is 0 Å². The summed E-state index contributed by atoms with van der Waals surface area (Å²) >= 11 is 1.47. The maximum atomic E-state index is 11.3. The first-order valence-corrected chi connectivity index (χ1v) is 7.31. The van der Waals surface area contributed by atoms with Gasteiger partial charge in [0.25, 0.3) is 5.69 Å². The van der Waals surface area contributed by atoms with Gasteiger partial charge in [-0.3, -0.25) is 10.1 Å². The van der Waals surface area contributed by atoms with Crippen LogP contribution in [0.25, 0.3) is 10.2 Å². The van der Waals surface area contributed by atoms with E-state index in [1.165, 1.54) is 11.3 Å². The summed E-state index contributed by atoms with van der Waals surface area (Å²) in [5, 5.41) is 21.4. The SMILES string of the molecule is Cc1nc2cc(N3CCC(CO)C3)c([N+](=O)[O-])cc2s1. The summed E-state index contributed by atoms with van der Waals surface area (Å²) in [6, 6.07) is 3.42. The maximum Gasteiger partial charge on any atom is 0.294 e. The lowest BCUT2D eigenvalue weighted by Gasteiger charge is -2.18. The van der Waals surface area contributed by atoms with E-state index in [0.29, 0.717) is 12.2 Å². The number of hydrogen-bond donors (Lipinski definition) is 1. The molecule has 1 aliphatic rings. The second kappa shape index (κ2) is 4.99. The Morgan fingerprint density at radius 2 is 2.40 bits per heavy atom. The van der Waals surface area contributed by atoms with Crippen LogP contribution in [-0.4, -0.2) is 34.7 Å². The van der Waals surface area contributed by atoms with Crippen LogP contribution >= 0.6 is 11.3 Å². The molecular weight excluding hydrogens is 278 g/mol. The molecule has 106 valence electrons. The molecule has 1 N–H and O–H groups in total. The van der Waals surface area contributed by atoms with Gasteiger partial charge >= 0.3 is 0 Å². The number of aromatic nitrogens is 1. The van der Waals surface area contributed by atoms with Gasteiger partial charge in [0.1, 0.15) is 5.69 Å². The highest BCUT2D eigenvalue weighted by molar-refractivity contribution is 7.18. The van der Waals surface area contributed by atoms with E-state index in [2.05, 4.69) is 4.98 Å². The predicted molar refractivity (Wildman–Crippen MR) is 78.4 cm³/mol. The van der Waals surface area contributed by atoms with Crippen molar-refractivity contribution in [3.63, 3.8) is 0 Å². The number of hydrogen-bond acceptors (Lipinski definition) is 6. The normalized spacial score (nSPS) is 18.9. The fourth-order valence-electron chi connectivity index (χ4n) is 2.67. The molecule has 0 spiro atoms. The average molecular weight is 293 g/mol. The first kappa shape index (κ1) is 13.3. The summed E-state index contributed by atoms with van der Waals surface area (Å²) in [6.07, 6.45) is 0.863. The van der Waals surface area contributed by atoms with Crippen molar-refractivity contribution < 1.29 is 10.0 Å². The molecule has 1 aromatic heterocycles. The van der Waals surface area contributed by atoms with E-state index in [4.69, 9.17) is 0 Å². The molecule has 0 bridgehead atoms. The molecular formula is C13H15N3O3S. The standard InChI is InChI=1S/C13H15N3O3S/c1-8-14-10-4-11(15-3-2-9(6-15)7-17)12(16(18)19)5-13(10)20-8/h4-5,9,17H,2-3,6-7H2,1H3. The van der Waals surface area contributed by atoms with Gasteiger partial charge in [-0.05, 0) is 19.4 Å². The minimum atomic E-state index is -0.337. The Hall–Kier alpha value is -1.73. The number of anilines is 1. The molecule has 0 aliphatic carbocycles. The Labute approximate surface area is 119 Å². The molecule has 2 heterocycles. The van der Waals surface area contributed by atoms with Gasteiger partial charge in [-0.15, -0.1) is 11.3 Å². The number of fused-ring (bicyclic) bond motifs is 1. The van der Waals surface area contributed by atoms with Gasteiger partial charge in [0, 0.05) is 31.7 Å². The van der Waals surface area contributed by atoms with Crippen molar-refractivity contribution in [2.75, 3.05) is 24.6 Å². The number of nitro groups is 1. The van der Waals surface area contributed by atoms with Gasteiger partial charge in [-0.25, -0.2) is 4.98 Å². The van der Waals surface area contributed by atoms with Crippen molar-refractivity contribution in [1.29, 1.82) is 0 Å². The molecule has 20 heavy (non-hydrogen) atoms. The van der Waals surface area contributed by atoms with Gasteiger partial charge in [0.15, 0.2) is 0 Å². The van der Waals surface area contributed by atoms with Crippen molar-refractivity contribution in [3.05, 3.63) is 27.3 Å². The van der Waals surface area contributed by atoms with E-state index in [0.717, 1.165) is 28.2 Å². The number of aliphatic hydroxyl groups is 1. The lowest BCUT2D eigenvalue weighted by Crippen LogP contribution is -2.21. The minimum Gasteiger partial charge on any atom is -0.396 e. The summed E-state index contributed by atoms with van der Waals surface area (Å²) in [5.41, 5.74) is 1.55. The minimum absolute atomic E-state index is 0.125. The fourth-order valence-corrected chi connectivity index (χ4v) is 3.51. The second-order valence-electron chi connectivity index (χ2n) is 5.08. The van der Waals surface area contributed by atoms with E-state index >= 15 is 0 Å². The number of aliphatic hydroxyl groups excluding tert-OH is 1. The van der Waals surface area contributed by atoms with Crippen LogP contribution in [-0.2, 0) is 0 Å². The number of benzene rings is 1. The molecule has 2 aromatic rings. The molecule has 1 aliphatic heterocycles. The Morgan fingerprint density at radius 1 is 1.60 bits per heavy atom. The summed E-state index contributed by atoms with van der Waals surface area (Å²) < 4.78 is 0.843. The van der Waals surface area contributed by atoms with E-state index in [9.17, 15) is 15.2 Å². The number of aryl methyl sites for hydroxylation is 1. The number of nitro benzene ring substituents is 1. The molecule has 1 atom stereocenters. The highest BCUT2D eigenvalue weighted by Gasteiger charge is 2.28. The van der Waals surface area contributed by atoms with Gasteiger partial charge in [-0.2, -0.15) is 0 Å². The molecule has 6 nitrogen and oxygen atoms in total. The van der Waals surface area contributed by atoms with Crippen LogP contribution in [0, 0.1) is 23.0 Å². The van der Waals surface area contributed by atoms with Crippen molar-refractivity contribution in [2.45, 2.75) is 13.3 Å². The average Bonchev–Trinajstić information content (AvgIpc) is 3.01. The van der Waals surface area contributed by atoms with Gasteiger partial charge < -0.3 is 10.0 Å². The molecule has 0 radical (unpaired) electrons. The Morgan fingerprint density at radius 3 is 3.05 bits per heavy atom. The smallest absolute Gasteiger partial charge is 0.294 e. The molecule has 1 unspecified atom stereocenters. The third-order valence-electron chi connectivity index (χ3n) is 3.67. The van der Waals surface area contributed by atoms with E-state index in [-0.39, 0.29) is 23.1 Å². The Balaban J connectivity index is 2.07. The summed E-state index contributed by atoms with van der Waals surface area (Å²) in [4.78, 5) is 17.3. The number of thiazole rings is 1. The summed E-state index contributed by atoms with van der Waals surface area (Å²) in [5.74, 6) is 0.197. The molecule has 1 aromatic carbocycles. The lowest BCUT2D eigenvalue weighted by molar-refractivity contribution is -0.384. The fraction of sp³-hybridized carbons (Fsp3) is 0.462. The van der Waals surface area contributed by atoms with Crippen LogP contribution in [0.5, 0.6) is 0 Å². The molecule has 0 saturated carbocycles. The predicted octanol–water partition coefficient (Wildman–Crippen LogP) is 2.33. The van der Waals surface area contributed by atoms with Crippen molar-refractivity contribution >= 4 is 32.9 Å². The van der Waals surface area contributed by atoms with Crippen LogP contribution in [0.3, 0.4) is 0 Å². The zero-order valence-corrected chi connectivity index (χ0v) is 11.9. The monoisotopic (exact) mass is 293 g/mol. The van der Waals surface area contributed by atoms with Gasteiger partial charge in [0.05, 0.1) is 20.1 Å². The molecule has 3 rings (SSSR count). The van der Waals surface area contributed by atoms with Crippen LogP contribution in [0.2, 0.25) is 0 Å². The zero-order chi connectivity index (χ0) is 14.3. The van der Waals surface area contributed by atoms with Crippen molar-refractivity contribution in [1.82, 2.24) is 4.98 Å². The van der Waals surface area contributed by atoms with Gasteiger partial charge in [-0.1, -0.05) is 0 Å². The van der Waals surface area contributed by atoms with Crippen molar-refractivity contribution in [2.24, 2.45) is 5.92 Å². The largest absolute Gasteiger partial charge is 0.396 e. The van der Waals surface area contributed by atoms with E-state index in [1.807, 2.05) is 11.8 Å². The summed E-state index contributed by atoms with van der Waals surface area (Å²) in [7, 11) is 0. The van der Waals surface area contributed by atoms with Crippen LogP contribution < -0.4 is 4.90 Å². The number of nitrogens with zero attached hydrogens (tertiary/aromatic N) is 3. The highest BCUT2D eigenvalue weighted by atomic mass is 32.1. The third kappa shape index (κ3) is 2.23. The quantitative estimate of drug-likeness (QED) is 0.694. The lowest BCUT2D eigenvalue weighted by atomic mass is 10.1. The van der Waals surface area contributed by atoms with Crippen LogP contribution in [0.15, 0.2) is 12.1 Å². The third-order valence-corrected chi connectivity index (χ3v) is 4.61. The van der Waals surface area contributed by atoms with Crippen LogP contribution in [0.1, 0.15) is 11.4 Å². The Bertz CT molecular complexity index is 670.